The number of rotatable bonds is 7. The summed E-state index contributed by atoms with van der Waals surface area (Å²) in [5, 5.41) is 35.9. The Balaban J connectivity index is 2.28. The van der Waals surface area contributed by atoms with Crippen LogP contribution >= 0.6 is 0 Å². The Morgan fingerprint density at radius 3 is 2.15 bits per heavy atom. The molecule has 0 fully saturated rings. The van der Waals surface area contributed by atoms with Gasteiger partial charge in [0.25, 0.3) is 20.2 Å². The van der Waals surface area contributed by atoms with Crippen LogP contribution in [-0.4, -0.2) is 42.7 Å². The van der Waals surface area contributed by atoms with Crippen LogP contribution in [-0.2, 0) is 20.2 Å². The van der Waals surface area contributed by atoms with Gasteiger partial charge in [-0.15, -0.1) is 16.8 Å². The highest BCUT2D eigenvalue weighted by molar-refractivity contribution is 7.86. The highest BCUT2D eigenvalue weighted by Crippen LogP contribution is 2.43. The molecule has 0 saturated heterocycles. The summed E-state index contributed by atoms with van der Waals surface area (Å²) >= 11 is 0. The Morgan fingerprint density at radius 1 is 0.818 bits per heavy atom. The van der Waals surface area contributed by atoms with E-state index in [2.05, 4.69) is 27.0 Å². The monoisotopic (exact) mass is 492 g/mol. The summed E-state index contributed by atoms with van der Waals surface area (Å²) in [5.74, 6) is -1.09. The molecular weight excluding hydrogens is 476 g/mol. The van der Waals surface area contributed by atoms with Crippen LogP contribution in [0.1, 0.15) is 0 Å². The van der Waals surface area contributed by atoms with Gasteiger partial charge >= 0.3 is 0 Å². The second kappa shape index (κ2) is 9.03. The highest BCUT2D eigenvalue weighted by Gasteiger charge is 2.20. The number of hydrogen-bond acceptors (Lipinski definition) is 10. The van der Waals surface area contributed by atoms with Crippen LogP contribution in [0.15, 0.2) is 85.4 Å². The van der Waals surface area contributed by atoms with Gasteiger partial charge in [0.2, 0.25) is 0 Å². The topological polar surface area (TPSA) is 199 Å². The molecule has 0 unspecified atom stereocenters. The number of phenolic OH excluding ortho intramolecular Hbond substituents is 2. The van der Waals surface area contributed by atoms with Crippen LogP contribution in [0.2, 0.25) is 0 Å². The van der Waals surface area contributed by atoms with E-state index in [9.17, 15) is 36.2 Å². The highest BCUT2D eigenvalue weighted by atomic mass is 32.2. The Labute approximate surface area is 187 Å². The lowest BCUT2D eigenvalue weighted by molar-refractivity contribution is 0.467. The summed E-state index contributed by atoms with van der Waals surface area (Å²) in [6.45, 7) is 3.63. The minimum Gasteiger partial charge on any atom is -0.506 e. The molecule has 0 aliphatic heterocycles. The number of phenols is 2. The van der Waals surface area contributed by atoms with Crippen LogP contribution in [0, 0.1) is 0 Å². The van der Waals surface area contributed by atoms with Gasteiger partial charge in [0.1, 0.15) is 27.8 Å². The molecule has 3 aromatic rings. The summed E-state index contributed by atoms with van der Waals surface area (Å²) in [5.41, 5.74) is -0.786. The van der Waals surface area contributed by atoms with Crippen molar-refractivity contribution >= 4 is 48.1 Å². The summed E-state index contributed by atoms with van der Waals surface area (Å²) in [4.78, 5) is -1.18. The Bertz CT molecular complexity index is 1530. The number of nitrogens with zero attached hydrogens (tertiary/aromatic N) is 4. The average molecular weight is 492 g/mol. The average Bonchev–Trinajstić information content (AvgIpc) is 2.72. The van der Waals surface area contributed by atoms with Gasteiger partial charge in [0, 0.05) is 16.8 Å². The molecule has 0 radical (unpaired) electrons. The van der Waals surface area contributed by atoms with Crippen molar-refractivity contribution in [3.63, 3.8) is 0 Å². The first-order chi connectivity index (χ1) is 15.4. The molecule has 3 aromatic carbocycles. The van der Waals surface area contributed by atoms with E-state index in [1.807, 2.05) is 0 Å². The smallest absolute Gasteiger partial charge is 0.296 e. The van der Waals surface area contributed by atoms with Crippen LogP contribution in [0.5, 0.6) is 11.5 Å². The Hall–Kier alpha value is -3.72. The largest absolute Gasteiger partial charge is 0.506 e. The van der Waals surface area contributed by atoms with Crippen molar-refractivity contribution in [1.82, 2.24) is 0 Å². The van der Waals surface area contributed by atoms with Gasteiger partial charge in [0.05, 0.1) is 17.1 Å². The molecule has 172 valence electrons. The molecule has 12 nitrogen and oxygen atoms in total. The molecule has 0 aliphatic carbocycles. The second-order valence-electron chi connectivity index (χ2n) is 6.46. The van der Waals surface area contributed by atoms with Crippen LogP contribution in [0.3, 0.4) is 0 Å². The number of fused-ring (bicyclic) bond motifs is 1. The van der Waals surface area contributed by atoms with E-state index in [1.54, 1.807) is 0 Å². The van der Waals surface area contributed by atoms with Crippen LogP contribution in [0.4, 0.5) is 17.1 Å². The van der Waals surface area contributed by atoms with E-state index in [4.69, 9.17) is 0 Å². The molecule has 0 spiro atoms. The van der Waals surface area contributed by atoms with Gasteiger partial charge in [-0.25, -0.2) is 0 Å². The van der Waals surface area contributed by atoms with E-state index in [1.165, 1.54) is 18.2 Å². The fourth-order valence-electron chi connectivity index (χ4n) is 2.80. The third-order valence-electron chi connectivity index (χ3n) is 4.23. The first kappa shape index (κ1) is 23.9. The van der Waals surface area contributed by atoms with Gasteiger partial charge in [0.15, 0.2) is 0 Å². The SMILES string of the molecule is C=CCN=Nc1cc(O)c(N=Nc2c(O)cccc2S(=O)(=O)O)c2ccc(S(=O)(=O)O)cc12. The minimum atomic E-state index is -4.76. The fourth-order valence-corrected chi connectivity index (χ4v) is 3.94. The molecule has 0 aromatic heterocycles. The standard InChI is InChI=1S/C19H16N4O8S2/c1-2-8-20-21-14-10-16(25)18(12-7-6-11(9-13(12)14)32(26,27)28)22-23-19-15(24)4-3-5-17(19)33(29,30)31/h2-7,9-10,24-25H,1,8H2,(H,26,27,28)(H,29,30,31). The normalized spacial score (nSPS) is 12.7. The van der Waals surface area contributed by atoms with E-state index < -0.39 is 47.2 Å². The molecule has 33 heavy (non-hydrogen) atoms. The van der Waals surface area contributed by atoms with Crippen molar-refractivity contribution in [2.75, 3.05) is 6.54 Å². The molecule has 4 N–H and O–H groups in total. The summed E-state index contributed by atoms with van der Waals surface area (Å²) in [7, 11) is -9.34. The predicted octanol–water partition coefficient (Wildman–Crippen LogP) is 4.43. The Kier molecular flexibility index (Phi) is 6.55. The van der Waals surface area contributed by atoms with Gasteiger partial charge < -0.3 is 10.2 Å². The number of azo groups is 2. The molecule has 3 rings (SSSR count). The van der Waals surface area contributed by atoms with Crippen molar-refractivity contribution in [1.29, 1.82) is 0 Å². The third-order valence-corrected chi connectivity index (χ3v) is 5.97. The van der Waals surface area contributed by atoms with Crippen molar-refractivity contribution in [3.05, 3.63) is 55.1 Å². The lowest BCUT2D eigenvalue weighted by Gasteiger charge is -2.09. The summed E-state index contributed by atoms with van der Waals surface area (Å²) < 4.78 is 65.0. The first-order valence-electron chi connectivity index (χ1n) is 8.90. The lowest BCUT2D eigenvalue weighted by atomic mass is 10.1. The first-order valence-corrected chi connectivity index (χ1v) is 11.8. The maximum Gasteiger partial charge on any atom is 0.296 e. The number of benzene rings is 3. The molecule has 0 heterocycles. The maximum absolute atomic E-state index is 11.6. The van der Waals surface area contributed by atoms with E-state index in [0.29, 0.717) is 0 Å². The zero-order chi connectivity index (χ0) is 24.4. The molecule has 14 heteroatoms. The van der Waals surface area contributed by atoms with E-state index in [0.717, 1.165) is 30.3 Å². The number of aromatic hydroxyl groups is 2. The Morgan fingerprint density at radius 2 is 1.52 bits per heavy atom. The van der Waals surface area contributed by atoms with Gasteiger partial charge in [-0.3, -0.25) is 9.11 Å². The van der Waals surface area contributed by atoms with Crippen molar-refractivity contribution in [3.8, 4) is 11.5 Å². The minimum absolute atomic E-state index is 0.0370. The zero-order valence-corrected chi connectivity index (χ0v) is 18.2. The van der Waals surface area contributed by atoms with Crippen molar-refractivity contribution < 1.29 is 36.2 Å². The third kappa shape index (κ3) is 5.20. The lowest BCUT2D eigenvalue weighted by Crippen LogP contribution is -1.98. The molecule has 0 saturated carbocycles. The van der Waals surface area contributed by atoms with E-state index >= 15 is 0 Å². The summed E-state index contributed by atoms with van der Waals surface area (Å²) in [6.07, 6.45) is 1.46. The second-order valence-corrected chi connectivity index (χ2v) is 9.27. The molecule has 0 bridgehead atoms. The molecule has 0 aliphatic rings. The van der Waals surface area contributed by atoms with Crippen molar-refractivity contribution in [2.24, 2.45) is 20.5 Å². The fraction of sp³-hybridized carbons (Fsp3) is 0.0526. The quantitative estimate of drug-likeness (QED) is 0.211. The predicted molar refractivity (Wildman–Crippen MR) is 117 cm³/mol. The number of hydrogen-bond donors (Lipinski definition) is 4. The molecule has 0 atom stereocenters. The molecular formula is C19H16N4O8S2. The zero-order valence-electron chi connectivity index (χ0n) is 16.6. The van der Waals surface area contributed by atoms with Crippen LogP contribution < -0.4 is 0 Å². The van der Waals surface area contributed by atoms with E-state index in [-0.39, 0.29) is 28.7 Å². The van der Waals surface area contributed by atoms with Crippen molar-refractivity contribution in [2.45, 2.75) is 9.79 Å². The van der Waals surface area contributed by atoms with Crippen LogP contribution in [0.25, 0.3) is 10.8 Å². The van der Waals surface area contributed by atoms with Gasteiger partial charge in [-0.2, -0.15) is 27.1 Å². The van der Waals surface area contributed by atoms with Gasteiger partial charge in [-0.05, 0) is 24.3 Å². The molecule has 0 amide bonds. The van der Waals surface area contributed by atoms with Gasteiger partial charge in [-0.1, -0.05) is 18.2 Å². The summed E-state index contributed by atoms with van der Waals surface area (Å²) in [6, 6.07) is 7.72. The maximum atomic E-state index is 11.6.